The zero-order chi connectivity index (χ0) is 24.5. The Morgan fingerprint density at radius 2 is 1.82 bits per heavy atom. The minimum absolute atomic E-state index is 0.0139. The molecule has 0 radical (unpaired) electrons. The van der Waals surface area contributed by atoms with Gasteiger partial charge >= 0.3 is 11.7 Å². The molecule has 9 nitrogen and oxygen atoms in total. The molecule has 2 rings (SSSR count). The van der Waals surface area contributed by atoms with E-state index in [4.69, 9.17) is 33.7 Å². The van der Waals surface area contributed by atoms with E-state index in [1.54, 1.807) is 0 Å². The molecule has 0 atom stereocenters. The smallest absolute Gasteiger partial charge is 0.340 e. The molecule has 1 aromatic heterocycles. The number of esters is 1. The van der Waals surface area contributed by atoms with Crippen molar-refractivity contribution in [3.63, 3.8) is 0 Å². The van der Waals surface area contributed by atoms with Crippen LogP contribution >= 0.6 is 23.2 Å². The molecule has 11 heteroatoms. The van der Waals surface area contributed by atoms with Gasteiger partial charge in [-0.15, -0.1) is 0 Å². The highest BCUT2D eigenvalue weighted by molar-refractivity contribution is 6.43. The fourth-order valence-electron chi connectivity index (χ4n) is 3.20. The number of rotatable bonds is 11. The molecule has 0 unspecified atom stereocenters. The van der Waals surface area contributed by atoms with E-state index < -0.39 is 29.7 Å². The summed E-state index contributed by atoms with van der Waals surface area (Å²) in [6, 6.07) is 4.47. The first-order valence-electron chi connectivity index (χ1n) is 10.8. The summed E-state index contributed by atoms with van der Waals surface area (Å²) in [5.41, 5.74) is 4.62. The van der Waals surface area contributed by atoms with Gasteiger partial charge in [-0.2, -0.15) is 0 Å². The summed E-state index contributed by atoms with van der Waals surface area (Å²) < 4.78 is 6.37. The summed E-state index contributed by atoms with van der Waals surface area (Å²) in [6.07, 6.45) is 3.74. The van der Waals surface area contributed by atoms with E-state index in [0.717, 1.165) is 19.3 Å². The molecule has 0 saturated carbocycles. The van der Waals surface area contributed by atoms with E-state index >= 15 is 0 Å². The second-order valence-corrected chi connectivity index (χ2v) is 8.21. The SMILES string of the molecule is CCCCCN(C(=O)COC(=O)c1cccc(Cl)c1Cl)c1c(N)n(CCCC)c(=O)[nH]c1=O. The number of hydrogen-bond donors (Lipinski definition) is 2. The normalized spacial score (nSPS) is 10.8. The molecule has 180 valence electrons. The molecule has 1 amide bonds. The maximum atomic E-state index is 13.0. The number of hydrogen-bond acceptors (Lipinski definition) is 6. The summed E-state index contributed by atoms with van der Waals surface area (Å²) in [4.78, 5) is 53.7. The molecular weight excluding hydrogens is 471 g/mol. The number of benzene rings is 1. The number of anilines is 2. The number of carbonyl (C=O) groups is 2. The molecule has 0 bridgehead atoms. The third kappa shape index (κ3) is 6.61. The highest BCUT2D eigenvalue weighted by Gasteiger charge is 2.25. The molecule has 33 heavy (non-hydrogen) atoms. The zero-order valence-corrected chi connectivity index (χ0v) is 20.2. The fourth-order valence-corrected chi connectivity index (χ4v) is 3.58. The first-order valence-corrected chi connectivity index (χ1v) is 11.5. The number of aromatic nitrogens is 2. The number of halogens is 2. The quantitative estimate of drug-likeness (QED) is 0.359. The second-order valence-electron chi connectivity index (χ2n) is 7.43. The Hall–Kier alpha value is -2.78. The number of nitrogens with two attached hydrogens (primary N) is 1. The lowest BCUT2D eigenvalue weighted by molar-refractivity contribution is -0.121. The minimum atomic E-state index is -0.834. The summed E-state index contributed by atoms with van der Waals surface area (Å²) in [5.74, 6) is -1.60. The van der Waals surface area contributed by atoms with Crippen molar-refractivity contribution < 1.29 is 14.3 Å². The van der Waals surface area contributed by atoms with Gasteiger partial charge in [-0.25, -0.2) is 9.59 Å². The minimum Gasteiger partial charge on any atom is -0.452 e. The highest BCUT2D eigenvalue weighted by Crippen LogP contribution is 2.26. The van der Waals surface area contributed by atoms with Crippen LogP contribution in [0.2, 0.25) is 10.0 Å². The van der Waals surface area contributed by atoms with Gasteiger partial charge in [-0.05, 0) is 25.0 Å². The lowest BCUT2D eigenvalue weighted by atomic mass is 10.2. The standard InChI is InChI=1S/C22H28Cl2N4O5/c1-3-5-7-12-27(18-19(25)28(11-6-4-2)22(32)26-20(18)30)16(29)13-33-21(31)14-9-8-10-15(23)17(14)24/h8-10H,3-7,11-13,25H2,1-2H3,(H,26,30,32). The average molecular weight is 499 g/mol. The Bertz CT molecular complexity index is 1110. The number of carbonyl (C=O) groups excluding carboxylic acids is 2. The third-order valence-corrected chi connectivity index (χ3v) is 5.82. The van der Waals surface area contributed by atoms with Crippen LogP contribution in [0.5, 0.6) is 0 Å². The molecule has 0 aliphatic carbocycles. The van der Waals surface area contributed by atoms with Crippen LogP contribution in [0.15, 0.2) is 27.8 Å². The Morgan fingerprint density at radius 1 is 1.12 bits per heavy atom. The molecule has 1 heterocycles. The zero-order valence-electron chi connectivity index (χ0n) is 18.7. The van der Waals surface area contributed by atoms with Gasteiger partial charge in [0.1, 0.15) is 5.82 Å². The molecule has 2 aromatic rings. The van der Waals surface area contributed by atoms with E-state index in [1.807, 2.05) is 13.8 Å². The lowest BCUT2D eigenvalue weighted by Crippen LogP contribution is -2.43. The van der Waals surface area contributed by atoms with E-state index in [9.17, 15) is 19.2 Å². The van der Waals surface area contributed by atoms with Gasteiger partial charge in [0, 0.05) is 13.1 Å². The van der Waals surface area contributed by atoms with Crippen molar-refractivity contribution in [2.75, 3.05) is 23.8 Å². The van der Waals surface area contributed by atoms with Gasteiger partial charge in [0.15, 0.2) is 12.3 Å². The van der Waals surface area contributed by atoms with E-state index in [1.165, 1.54) is 27.7 Å². The van der Waals surface area contributed by atoms with Crippen LogP contribution in [0.1, 0.15) is 56.3 Å². The number of nitrogens with zero attached hydrogens (tertiary/aromatic N) is 2. The predicted octanol–water partition coefficient (Wildman–Crippen LogP) is 3.61. The number of amides is 1. The molecule has 1 aromatic carbocycles. The van der Waals surface area contributed by atoms with Gasteiger partial charge < -0.3 is 15.4 Å². The summed E-state index contributed by atoms with van der Waals surface area (Å²) in [7, 11) is 0. The van der Waals surface area contributed by atoms with Crippen molar-refractivity contribution in [3.8, 4) is 0 Å². The topological polar surface area (TPSA) is 127 Å². The monoisotopic (exact) mass is 498 g/mol. The van der Waals surface area contributed by atoms with Crippen LogP contribution in [0.25, 0.3) is 0 Å². The van der Waals surface area contributed by atoms with Crippen molar-refractivity contribution in [3.05, 3.63) is 54.6 Å². The maximum absolute atomic E-state index is 13.0. The van der Waals surface area contributed by atoms with Crippen LogP contribution in [0.4, 0.5) is 11.5 Å². The molecular formula is C22H28Cl2N4O5. The van der Waals surface area contributed by atoms with Crippen molar-refractivity contribution in [2.45, 2.75) is 52.5 Å². The van der Waals surface area contributed by atoms with Gasteiger partial charge in [0.2, 0.25) is 0 Å². The van der Waals surface area contributed by atoms with Crippen molar-refractivity contribution >= 4 is 46.6 Å². The number of nitrogens with one attached hydrogen (secondary N) is 1. The number of nitrogen functional groups attached to an aromatic ring is 1. The lowest BCUT2D eigenvalue weighted by Gasteiger charge is -2.24. The van der Waals surface area contributed by atoms with Crippen LogP contribution in [0.3, 0.4) is 0 Å². The molecule has 3 N–H and O–H groups in total. The predicted molar refractivity (Wildman–Crippen MR) is 129 cm³/mol. The molecule has 0 spiro atoms. The molecule has 0 saturated heterocycles. The molecule has 0 aliphatic heterocycles. The van der Waals surface area contributed by atoms with Crippen molar-refractivity contribution in [2.24, 2.45) is 0 Å². The van der Waals surface area contributed by atoms with E-state index in [2.05, 4.69) is 4.98 Å². The number of H-pyrrole nitrogens is 1. The Kier molecular flexibility index (Phi) is 9.99. The third-order valence-electron chi connectivity index (χ3n) is 5.00. The van der Waals surface area contributed by atoms with Crippen LogP contribution in [0, 0.1) is 0 Å². The maximum Gasteiger partial charge on any atom is 0.340 e. The first-order chi connectivity index (χ1) is 15.7. The van der Waals surface area contributed by atoms with Crippen molar-refractivity contribution in [1.29, 1.82) is 0 Å². The van der Waals surface area contributed by atoms with Crippen LogP contribution in [-0.4, -0.2) is 34.6 Å². The van der Waals surface area contributed by atoms with Crippen LogP contribution in [-0.2, 0) is 16.1 Å². The molecule has 0 aliphatic rings. The van der Waals surface area contributed by atoms with Gasteiger partial charge in [-0.3, -0.25) is 19.1 Å². The largest absolute Gasteiger partial charge is 0.452 e. The number of aromatic amines is 1. The van der Waals surface area contributed by atoms with Crippen molar-refractivity contribution in [1.82, 2.24) is 9.55 Å². The molecule has 0 fully saturated rings. The van der Waals surface area contributed by atoms with Crippen LogP contribution < -0.4 is 21.9 Å². The van der Waals surface area contributed by atoms with E-state index in [0.29, 0.717) is 19.4 Å². The summed E-state index contributed by atoms with van der Waals surface area (Å²) in [5, 5.41) is 0.187. The van der Waals surface area contributed by atoms with Gasteiger partial charge in [0.25, 0.3) is 11.5 Å². The Morgan fingerprint density at radius 3 is 2.48 bits per heavy atom. The fraction of sp³-hybridized carbons (Fsp3) is 0.455. The summed E-state index contributed by atoms with van der Waals surface area (Å²) in [6.45, 7) is 3.76. The Labute approximate surface area is 201 Å². The summed E-state index contributed by atoms with van der Waals surface area (Å²) >= 11 is 12.0. The average Bonchev–Trinajstić information content (AvgIpc) is 2.77. The second kappa shape index (κ2) is 12.5. The van der Waals surface area contributed by atoms with Gasteiger partial charge in [0.05, 0.1) is 15.6 Å². The number of ether oxygens (including phenoxy) is 1. The highest BCUT2D eigenvalue weighted by atomic mass is 35.5. The number of unbranched alkanes of at least 4 members (excludes halogenated alkanes) is 3. The van der Waals surface area contributed by atoms with E-state index in [-0.39, 0.29) is 33.7 Å². The Balaban J connectivity index is 2.33. The first kappa shape index (κ1) is 26.5. The van der Waals surface area contributed by atoms with Gasteiger partial charge in [-0.1, -0.05) is 62.4 Å².